The van der Waals surface area contributed by atoms with Gasteiger partial charge in [-0.2, -0.15) is 0 Å². The molecule has 76 valence electrons. The van der Waals surface area contributed by atoms with Gasteiger partial charge in [0.2, 0.25) is 6.79 Å². The molecular formula is C10H13NO3. The lowest BCUT2D eigenvalue weighted by molar-refractivity contribution is 0.167. The van der Waals surface area contributed by atoms with E-state index in [1.54, 1.807) is 12.1 Å². The summed E-state index contributed by atoms with van der Waals surface area (Å²) in [6.07, 6.45) is 0.0362. The highest BCUT2D eigenvalue weighted by molar-refractivity contribution is 5.45. The Labute approximate surface area is 82.2 Å². The Kier molecular flexibility index (Phi) is 2.56. The summed E-state index contributed by atoms with van der Waals surface area (Å²) >= 11 is 0. The minimum atomic E-state index is -0.519. The quantitative estimate of drug-likeness (QED) is 0.748. The molecular weight excluding hydrogens is 182 g/mol. The Morgan fingerprint density at radius 3 is 2.93 bits per heavy atom. The van der Waals surface area contributed by atoms with Gasteiger partial charge in [0.25, 0.3) is 0 Å². The van der Waals surface area contributed by atoms with E-state index in [0.29, 0.717) is 18.7 Å². The summed E-state index contributed by atoms with van der Waals surface area (Å²) in [5, 5.41) is 9.68. The number of hydrogen-bond acceptors (Lipinski definition) is 4. The zero-order valence-corrected chi connectivity index (χ0v) is 7.77. The van der Waals surface area contributed by atoms with Crippen LogP contribution in [0.3, 0.4) is 0 Å². The van der Waals surface area contributed by atoms with E-state index < -0.39 is 6.10 Å². The van der Waals surface area contributed by atoms with E-state index in [1.807, 2.05) is 6.07 Å². The van der Waals surface area contributed by atoms with Gasteiger partial charge in [0.15, 0.2) is 11.5 Å². The van der Waals surface area contributed by atoms with Crippen LogP contribution in [0.2, 0.25) is 0 Å². The van der Waals surface area contributed by atoms with Gasteiger partial charge in [-0.3, -0.25) is 0 Å². The Morgan fingerprint density at radius 1 is 1.36 bits per heavy atom. The second-order valence-electron chi connectivity index (χ2n) is 3.21. The minimum absolute atomic E-state index is 0.256. The fourth-order valence-corrected chi connectivity index (χ4v) is 1.44. The van der Waals surface area contributed by atoms with E-state index in [4.69, 9.17) is 15.2 Å². The van der Waals surface area contributed by atoms with Crippen LogP contribution in [-0.2, 0) is 0 Å². The molecule has 4 heteroatoms. The number of nitrogens with two attached hydrogens (primary N) is 1. The first-order valence-electron chi connectivity index (χ1n) is 4.59. The van der Waals surface area contributed by atoms with Crippen molar-refractivity contribution in [3.63, 3.8) is 0 Å². The summed E-state index contributed by atoms with van der Waals surface area (Å²) in [7, 11) is 0. The summed E-state index contributed by atoms with van der Waals surface area (Å²) in [5.41, 5.74) is 6.18. The van der Waals surface area contributed by atoms with Crippen molar-refractivity contribution in [3.05, 3.63) is 23.8 Å². The number of benzene rings is 1. The molecule has 1 aliphatic rings. The molecule has 1 aliphatic heterocycles. The van der Waals surface area contributed by atoms with Crippen LogP contribution in [0.4, 0.5) is 0 Å². The van der Waals surface area contributed by atoms with Crippen molar-refractivity contribution in [2.24, 2.45) is 5.73 Å². The first-order valence-corrected chi connectivity index (χ1v) is 4.59. The number of rotatable bonds is 3. The summed E-state index contributed by atoms with van der Waals surface area (Å²) in [5.74, 6) is 1.42. The van der Waals surface area contributed by atoms with E-state index in [1.165, 1.54) is 0 Å². The van der Waals surface area contributed by atoms with Crippen molar-refractivity contribution in [2.45, 2.75) is 12.5 Å². The third-order valence-corrected chi connectivity index (χ3v) is 2.22. The lowest BCUT2D eigenvalue weighted by Gasteiger charge is -2.09. The maximum Gasteiger partial charge on any atom is 0.231 e. The maximum absolute atomic E-state index is 9.68. The van der Waals surface area contributed by atoms with Crippen molar-refractivity contribution in [2.75, 3.05) is 13.3 Å². The molecule has 0 spiro atoms. The van der Waals surface area contributed by atoms with E-state index in [9.17, 15) is 5.11 Å². The molecule has 14 heavy (non-hydrogen) atoms. The predicted molar refractivity (Wildman–Crippen MR) is 51.2 cm³/mol. The van der Waals surface area contributed by atoms with Crippen LogP contribution >= 0.6 is 0 Å². The lowest BCUT2D eigenvalue weighted by Crippen LogP contribution is -2.06. The predicted octanol–water partition coefficient (Wildman–Crippen LogP) is 0.798. The molecule has 1 aromatic rings. The van der Waals surface area contributed by atoms with Crippen molar-refractivity contribution >= 4 is 0 Å². The van der Waals surface area contributed by atoms with Crippen molar-refractivity contribution in [1.82, 2.24) is 0 Å². The maximum atomic E-state index is 9.68. The molecule has 3 N–H and O–H groups in total. The average Bonchev–Trinajstić information content (AvgIpc) is 2.64. The van der Waals surface area contributed by atoms with Gasteiger partial charge in [-0.05, 0) is 30.7 Å². The van der Waals surface area contributed by atoms with E-state index in [2.05, 4.69) is 0 Å². The van der Waals surface area contributed by atoms with E-state index in [0.717, 1.165) is 11.3 Å². The van der Waals surface area contributed by atoms with Crippen LogP contribution in [0, 0.1) is 0 Å². The fraction of sp³-hybridized carbons (Fsp3) is 0.400. The molecule has 0 saturated carbocycles. The second-order valence-corrected chi connectivity index (χ2v) is 3.21. The van der Waals surface area contributed by atoms with Crippen LogP contribution in [0.5, 0.6) is 11.5 Å². The molecule has 0 unspecified atom stereocenters. The number of ether oxygens (including phenoxy) is 2. The smallest absolute Gasteiger partial charge is 0.231 e. The van der Waals surface area contributed by atoms with Crippen molar-refractivity contribution < 1.29 is 14.6 Å². The molecule has 0 saturated heterocycles. The first-order chi connectivity index (χ1) is 6.81. The van der Waals surface area contributed by atoms with E-state index in [-0.39, 0.29) is 6.79 Å². The topological polar surface area (TPSA) is 64.7 Å². The summed E-state index contributed by atoms with van der Waals surface area (Å²) in [4.78, 5) is 0. The van der Waals surface area contributed by atoms with Gasteiger partial charge >= 0.3 is 0 Å². The highest BCUT2D eigenvalue weighted by Crippen LogP contribution is 2.34. The standard InChI is InChI=1S/C10H13NO3/c11-4-3-8(12)7-1-2-9-10(5-7)14-6-13-9/h1-2,5,8,12H,3-4,6,11H2/t8-/m1/s1. The summed E-state index contributed by atoms with van der Waals surface area (Å²) in [6.45, 7) is 0.724. The summed E-state index contributed by atoms with van der Waals surface area (Å²) in [6, 6.07) is 5.42. The van der Waals surface area contributed by atoms with Crippen molar-refractivity contribution in [3.8, 4) is 11.5 Å². The van der Waals surface area contributed by atoms with Gasteiger partial charge in [0.1, 0.15) is 0 Å². The largest absolute Gasteiger partial charge is 0.454 e. The highest BCUT2D eigenvalue weighted by atomic mass is 16.7. The first kappa shape index (κ1) is 9.30. The molecule has 0 radical (unpaired) electrons. The molecule has 1 heterocycles. The average molecular weight is 195 g/mol. The third kappa shape index (κ3) is 1.66. The molecule has 0 amide bonds. The Balaban J connectivity index is 2.19. The van der Waals surface area contributed by atoms with Crippen LogP contribution in [0.15, 0.2) is 18.2 Å². The molecule has 0 fully saturated rings. The SMILES string of the molecule is NCC[C@@H](O)c1ccc2c(c1)OCO2. The van der Waals surface area contributed by atoms with E-state index >= 15 is 0 Å². The Bertz CT molecular complexity index is 327. The molecule has 0 aliphatic carbocycles. The zero-order valence-electron chi connectivity index (χ0n) is 7.77. The van der Waals surface area contributed by atoms with Crippen LogP contribution < -0.4 is 15.2 Å². The van der Waals surface area contributed by atoms with Crippen LogP contribution in [0.1, 0.15) is 18.1 Å². The molecule has 1 atom stereocenters. The zero-order chi connectivity index (χ0) is 9.97. The van der Waals surface area contributed by atoms with Gasteiger partial charge in [0.05, 0.1) is 6.10 Å². The number of hydrogen-bond donors (Lipinski definition) is 2. The minimum Gasteiger partial charge on any atom is -0.454 e. The number of aliphatic hydroxyl groups excluding tert-OH is 1. The molecule has 0 aromatic heterocycles. The monoisotopic (exact) mass is 195 g/mol. The van der Waals surface area contributed by atoms with Gasteiger partial charge in [-0.1, -0.05) is 6.07 Å². The van der Waals surface area contributed by atoms with Gasteiger partial charge < -0.3 is 20.3 Å². The Morgan fingerprint density at radius 2 is 2.14 bits per heavy atom. The van der Waals surface area contributed by atoms with Gasteiger partial charge in [0, 0.05) is 0 Å². The molecule has 1 aromatic carbocycles. The molecule has 4 nitrogen and oxygen atoms in total. The molecule has 2 rings (SSSR count). The second kappa shape index (κ2) is 3.86. The van der Waals surface area contributed by atoms with Crippen LogP contribution in [-0.4, -0.2) is 18.4 Å². The normalized spacial score (nSPS) is 15.6. The summed E-state index contributed by atoms with van der Waals surface area (Å²) < 4.78 is 10.4. The molecule has 0 bridgehead atoms. The van der Waals surface area contributed by atoms with Gasteiger partial charge in [-0.15, -0.1) is 0 Å². The number of fused-ring (bicyclic) bond motifs is 1. The number of aliphatic hydroxyl groups is 1. The van der Waals surface area contributed by atoms with Crippen LogP contribution in [0.25, 0.3) is 0 Å². The van der Waals surface area contributed by atoms with Gasteiger partial charge in [-0.25, -0.2) is 0 Å². The Hall–Kier alpha value is -1.26. The fourth-order valence-electron chi connectivity index (χ4n) is 1.44. The van der Waals surface area contributed by atoms with Crippen molar-refractivity contribution in [1.29, 1.82) is 0 Å². The highest BCUT2D eigenvalue weighted by Gasteiger charge is 2.15. The lowest BCUT2D eigenvalue weighted by atomic mass is 10.1. The third-order valence-electron chi connectivity index (χ3n) is 2.22.